The molecule has 0 spiro atoms. The molecule has 0 bridgehead atoms. The highest BCUT2D eigenvalue weighted by Gasteiger charge is 2.31. The normalized spacial score (nSPS) is 22.4. The molecule has 1 aliphatic carbocycles. The van der Waals surface area contributed by atoms with Gasteiger partial charge in [-0.05, 0) is 75.6 Å². The Labute approximate surface area is 207 Å². The van der Waals surface area contributed by atoms with E-state index in [1.165, 1.54) is 12.1 Å². The maximum absolute atomic E-state index is 12.5. The summed E-state index contributed by atoms with van der Waals surface area (Å²) in [6.45, 7) is 5.82. The van der Waals surface area contributed by atoms with Gasteiger partial charge in [0.1, 0.15) is 11.3 Å². The van der Waals surface area contributed by atoms with E-state index in [1.807, 2.05) is 0 Å². The molecule has 1 aromatic carbocycles. The van der Waals surface area contributed by atoms with Crippen LogP contribution >= 0.6 is 0 Å². The zero-order valence-electron chi connectivity index (χ0n) is 20.4. The highest BCUT2D eigenvalue weighted by molar-refractivity contribution is 5.76. The largest absolute Gasteiger partial charge is 0.573 e. The van der Waals surface area contributed by atoms with Gasteiger partial charge in [0.05, 0.1) is 6.20 Å². The Hall–Kier alpha value is -3.08. The second-order valence-electron chi connectivity index (χ2n) is 10.1. The van der Waals surface area contributed by atoms with E-state index < -0.39 is 6.36 Å². The number of hydrogen-bond donors (Lipinski definition) is 2. The average molecular weight is 505 g/mol. The predicted molar refractivity (Wildman–Crippen MR) is 130 cm³/mol. The second kappa shape index (κ2) is 9.76. The lowest BCUT2D eigenvalue weighted by Crippen LogP contribution is -2.41. The van der Waals surface area contributed by atoms with Gasteiger partial charge in [0.2, 0.25) is 11.9 Å². The minimum Gasteiger partial charge on any atom is -0.406 e. The first-order valence-electron chi connectivity index (χ1n) is 12.4. The lowest BCUT2D eigenvalue weighted by Gasteiger charge is -2.34. The molecule has 194 valence electrons. The predicted octanol–water partition coefficient (Wildman–Crippen LogP) is 6.20. The maximum atomic E-state index is 12.5. The summed E-state index contributed by atoms with van der Waals surface area (Å²) in [5.74, 6) is 1.55. The van der Waals surface area contributed by atoms with Crippen molar-refractivity contribution in [2.24, 2.45) is 5.92 Å². The Kier molecular flexibility index (Phi) is 6.67. The van der Waals surface area contributed by atoms with Crippen LogP contribution in [-0.4, -0.2) is 44.6 Å². The van der Waals surface area contributed by atoms with E-state index in [1.54, 1.807) is 18.3 Å². The van der Waals surface area contributed by atoms with E-state index in [0.29, 0.717) is 42.2 Å². The van der Waals surface area contributed by atoms with Crippen molar-refractivity contribution in [2.75, 3.05) is 23.8 Å². The number of alkyl halides is 3. The van der Waals surface area contributed by atoms with E-state index in [0.717, 1.165) is 44.2 Å². The summed E-state index contributed by atoms with van der Waals surface area (Å²) in [7, 11) is 0. The average Bonchev–Trinajstić information content (AvgIpc) is 3.17. The van der Waals surface area contributed by atoms with Crippen molar-refractivity contribution < 1.29 is 22.6 Å². The van der Waals surface area contributed by atoms with Crippen molar-refractivity contribution >= 4 is 28.7 Å². The van der Waals surface area contributed by atoms with Crippen molar-refractivity contribution in [3.8, 4) is 5.75 Å². The van der Waals surface area contributed by atoms with Crippen LogP contribution in [0.2, 0.25) is 0 Å². The molecule has 2 N–H and O–H groups in total. The molecule has 11 heteroatoms. The van der Waals surface area contributed by atoms with E-state index in [2.05, 4.69) is 38.8 Å². The Morgan fingerprint density at radius 2 is 1.75 bits per heavy atom. The topological polar surface area (TPSA) is 86.1 Å². The highest BCUT2D eigenvalue weighted by atomic mass is 19.4. The Morgan fingerprint density at radius 3 is 2.42 bits per heavy atom. The standard InChI is InChI=1S/C25H31F3N6O2/c1-16-3-7-18(8-4-16)34-21-20(15-29-22(32-21)33-24(2)11-13-35-14-12-24)31-23(34)30-17-5-9-19(10-6-17)36-25(26,27)28/h5-6,9-10,15-16,18H,3-4,7-8,11-14H2,1-2H3,(H,30,31)(H,29,32,33). The zero-order chi connectivity index (χ0) is 25.3. The first-order valence-corrected chi connectivity index (χ1v) is 12.4. The first kappa shape index (κ1) is 24.6. The molecule has 0 unspecified atom stereocenters. The van der Waals surface area contributed by atoms with Crippen molar-refractivity contribution in [1.29, 1.82) is 0 Å². The second-order valence-corrected chi connectivity index (χ2v) is 10.1. The third kappa shape index (κ3) is 5.66. The fraction of sp³-hybridized carbons (Fsp3) is 0.560. The molecule has 2 aromatic heterocycles. The minimum atomic E-state index is -4.73. The third-order valence-corrected chi connectivity index (χ3v) is 7.14. The number of imidazole rings is 1. The van der Waals surface area contributed by atoms with Crippen LogP contribution in [0.3, 0.4) is 0 Å². The van der Waals surface area contributed by atoms with Crippen molar-refractivity contribution in [3.05, 3.63) is 30.5 Å². The van der Waals surface area contributed by atoms with Gasteiger partial charge in [-0.3, -0.25) is 4.57 Å². The fourth-order valence-corrected chi connectivity index (χ4v) is 4.97. The fourth-order valence-electron chi connectivity index (χ4n) is 4.97. The van der Waals surface area contributed by atoms with Gasteiger partial charge in [-0.1, -0.05) is 6.92 Å². The first-order chi connectivity index (χ1) is 17.2. The SMILES string of the molecule is CC1CCC(n2c(Nc3ccc(OC(F)(F)F)cc3)nc3cnc(NC4(C)CCOCC4)nc32)CC1. The summed E-state index contributed by atoms with van der Waals surface area (Å²) in [5, 5.41) is 6.78. The van der Waals surface area contributed by atoms with Gasteiger partial charge in [0, 0.05) is 30.5 Å². The summed E-state index contributed by atoms with van der Waals surface area (Å²) >= 11 is 0. The molecule has 0 amide bonds. The molecule has 3 heterocycles. The minimum absolute atomic E-state index is 0.141. The summed E-state index contributed by atoms with van der Waals surface area (Å²) < 4.78 is 49.2. The number of benzene rings is 1. The molecule has 1 aliphatic heterocycles. The Balaban J connectivity index is 1.46. The summed E-state index contributed by atoms with van der Waals surface area (Å²) in [5.41, 5.74) is 1.86. The monoisotopic (exact) mass is 504 g/mol. The molecule has 5 rings (SSSR count). The van der Waals surface area contributed by atoms with Crippen LogP contribution in [0.25, 0.3) is 11.2 Å². The van der Waals surface area contributed by atoms with Crippen LogP contribution in [0.1, 0.15) is 58.4 Å². The van der Waals surface area contributed by atoms with E-state index in [4.69, 9.17) is 14.7 Å². The van der Waals surface area contributed by atoms with Crippen LogP contribution in [0.4, 0.5) is 30.8 Å². The smallest absolute Gasteiger partial charge is 0.406 e. The van der Waals surface area contributed by atoms with Gasteiger partial charge < -0.3 is 20.1 Å². The molecule has 0 atom stereocenters. The van der Waals surface area contributed by atoms with Crippen molar-refractivity contribution in [1.82, 2.24) is 19.5 Å². The summed E-state index contributed by atoms with van der Waals surface area (Å²) in [6, 6.07) is 5.85. The number of nitrogens with zero attached hydrogens (tertiary/aromatic N) is 4. The van der Waals surface area contributed by atoms with Crippen molar-refractivity contribution in [3.63, 3.8) is 0 Å². The molecule has 3 aromatic rings. The van der Waals surface area contributed by atoms with Crippen LogP contribution in [0.15, 0.2) is 30.5 Å². The molecule has 0 radical (unpaired) electrons. The van der Waals surface area contributed by atoms with E-state index in [9.17, 15) is 13.2 Å². The van der Waals surface area contributed by atoms with Crippen molar-refractivity contribution in [2.45, 2.75) is 70.3 Å². The lowest BCUT2D eigenvalue weighted by molar-refractivity contribution is -0.274. The number of halogens is 3. The molecule has 1 saturated carbocycles. The number of anilines is 3. The molecular weight excluding hydrogens is 473 g/mol. The van der Waals surface area contributed by atoms with Gasteiger partial charge in [-0.25, -0.2) is 9.97 Å². The lowest BCUT2D eigenvalue weighted by atomic mass is 9.87. The third-order valence-electron chi connectivity index (χ3n) is 7.14. The maximum Gasteiger partial charge on any atom is 0.573 e. The Bertz CT molecular complexity index is 1180. The number of ether oxygens (including phenoxy) is 2. The number of fused-ring (bicyclic) bond motifs is 1. The van der Waals surface area contributed by atoms with Crippen LogP contribution < -0.4 is 15.4 Å². The summed E-state index contributed by atoms with van der Waals surface area (Å²) in [4.78, 5) is 14.2. The zero-order valence-corrected chi connectivity index (χ0v) is 20.4. The van der Waals surface area contributed by atoms with Gasteiger partial charge in [-0.2, -0.15) is 4.98 Å². The molecule has 36 heavy (non-hydrogen) atoms. The van der Waals surface area contributed by atoms with E-state index in [-0.39, 0.29) is 17.3 Å². The number of rotatable bonds is 6. The van der Waals surface area contributed by atoms with Crippen LogP contribution in [-0.2, 0) is 4.74 Å². The van der Waals surface area contributed by atoms with Gasteiger partial charge in [0.15, 0.2) is 5.65 Å². The van der Waals surface area contributed by atoms with Gasteiger partial charge >= 0.3 is 6.36 Å². The Morgan fingerprint density at radius 1 is 1.06 bits per heavy atom. The molecule has 1 saturated heterocycles. The number of aromatic nitrogens is 4. The van der Waals surface area contributed by atoms with Crippen LogP contribution in [0, 0.1) is 5.92 Å². The van der Waals surface area contributed by atoms with Crippen LogP contribution in [0.5, 0.6) is 5.75 Å². The quantitative estimate of drug-likeness (QED) is 0.413. The van der Waals surface area contributed by atoms with E-state index >= 15 is 0 Å². The molecular formula is C25H31F3N6O2. The number of hydrogen-bond acceptors (Lipinski definition) is 7. The molecule has 2 aliphatic rings. The van der Waals surface area contributed by atoms with Gasteiger partial charge in [0.25, 0.3) is 0 Å². The molecule has 8 nitrogen and oxygen atoms in total. The summed E-state index contributed by atoms with van der Waals surface area (Å²) in [6.07, 6.45) is 2.96. The highest BCUT2D eigenvalue weighted by Crippen LogP contribution is 2.37. The number of nitrogens with one attached hydrogen (secondary N) is 2. The van der Waals surface area contributed by atoms with Gasteiger partial charge in [-0.15, -0.1) is 13.2 Å². The molecule has 2 fully saturated rings.